The van der Waals surface area contributed by atoms with Gasteiger partial charge < -0.3 is 4.90 Å². The fourth-order valence-electron chi connectivity index (χ4n) is 3.14. The molecule has 1 fully saturated rings. The molecule has 6 heteroatoms. The number of nitrogens with zero attached hydrogens (tertiary/aromatic N) is 3. The number of likely N-dealkylation sites (tertiary alicyclic amines) is 1. The lowest BCUT2D eigenvalue weighted by molar-refractivity contribution is -0.941. The van der Waals surface area contributed by atoms with Gasteiger partial charge in [0.15, 0.2) is 6.67 Å². The van der Waals surface area contributed by atoms with E-state index in [4.69, 9.17) is 0 Å². The molecule has 2 aromatic heterocycles. The van der Waals surface area contributed by atoms with Crippen molar-refractivity contribution in [2.45, 2.75) is 39.4 Å². The first-order chi connectivity index (χ1) is 10.6. The third-order valence-corrected chi connectivity index (χ3v) is 5.46. The highest BCUT2D eigenvalue weighted by Gasteiger charge is 2.31. The molecule has 0 bridgehead atoms. The summed E-state index contributed by atoms with van der Waals surface area (Å²) >= 11 is 1.77. The minimum absolute atomic E-state index is 0.221. The van der Waals surface area contributed by atoms with E-state index < -0.39 is 0 Å². The number of rotatable bonds is 3. The molecule has 0 amide bonds. The van der Waals surface area contributed by atoms with Crippen LogP contribution in [0.4, 0.5) is 0 Å². The number of nitrogens with one attached hydrogen (secondary N) is 1. The molecule has 0 aromatic carbocycles. The van der Waals surface area contributed by atoms with E-state index in [0.29, 0.717) is 18.3 Å². The topological polar surface area (TPSA) is 63.1 Å². The molecule has 3 rings (SSSR count). The van der Waals surface area contributed by atoms with Crippen LogP contribution in [0.3, 0.4) is 0 Å². The van der Waals surface area contributed by atoms with Crippen molar-refractivity contribution in [2.24, 2.45) is 0 Å². The minimum Gasteiger partial charge on any atom is -0.309 e. The molecule has 1 saturated heterocycles. The van der Waals surface area contributed by atoms with Crippen molar-refractivity contribution in [3.8, 4) is 6.07 Å². The quantitative estimate of drug-likeness (QED) is 0.925. The van der Waals surface area contributed by atoms with Gasteiger partial charge in [0, 0.05) is 12.8 Å². The Kier molecular flexibility index (Phi) is 4.10. The highest BCUT2D eigenvalue weighted by molar-refractivity contribution is 7.10. The first-order valence-electron chi connectivity index (χ1n) is 7.48. The Labute approximate surface area is 133 Å². The lowest BCUT2D eigenvalue weighted by Crippen LogP contribution is -3.09. The van der Waals surface area contributed by atoms with Crippen molar-refractivity contribution in [3.63, 3.8) is 0 Å². The second kappa shape index (κ2) is 6.03. The van der Waals surface area contributed by atoms with Crippen LogP contribution in [0.25, 0.3) is 0 Å². The number of aromatic nitrogens is 2. The molecule has 0 aliphatic carbocycles. The molecule has 1 N–H and O–H groups in total. The Balaban J connectivity index is 1.92. The molecule has 3 heterocycles. The maximum absolute atomic E-state index is 12.4. The predicted molar refractivity (Wildman–Crippen MR) is 84.8 cm³/mol. The number of nitriles is 1. The molecule has 5 nitrogen and oxygen atoms in total. The van der Waals surface area contributed by atoms with Crippen LogP contribution in [0, 0.1) is 25.2 Å². The fourth-order valence-corrected chi connectivity index (χ4v) is 4.06. The van der Waals surface area contributed by atoms with E-state index in [9.17, 15) is 10.1 Å². The Morgan fingerprint density at radius 1 is 1.55 bits per heavy atom. The van der Waals surface area contributed by atoms with Gasteiger partial charge >= 0.3 is 0 Å². The molecule has 1 unspecified atom stereocenters. The lowest BCUT2D eigenvalue weighted by Gasteiger charge is -2.21. The summed E-state index contributed by atoms with van der Waals surface area (Å²) < 4.78 is 1.47. The van der Waals surface area contributed by atoms with Crippen LogP contribution in [-0.2, 0) is 6.67 Å². The normalized spacial score (nSPS) is 21.0. The number of hydrogen-bond acceptors (Lipinski definition) is 4. The summed E-state index contributed by atoms with van der Waals surface area (Å²) in [5, 5.41) is 15.7. The number of thiophene rings is 1. The second-order valence-electron chi connectivity index (χ2n) is 5.78. The third-order valence-electron chi connectivity index (χ3n) is 4.47. The summed E-state index contributed by atoms with van der Waals surface area (Å²) in [5.74, 6) is 0. The Hall–Kier alpha value is -1.97. The van der Waals surface area contributed by atoms with Gasteiger partial charge in [-0.15, -0.1) is 11.3 Å². The van der Waals surface area contributed by atoms with E-state index in [-0.39, 0.29) is 11.1 Å². The lowest BCUT2D eigenvalue weighted by atomic mass is 10.1. The largest absolute Gasteiger partial charge is 0.309 e. The Bertz CT molecular complexity index is 773. The summed E-state index contributed by atoms with van der Waals surface area (Å²) in [7, 11) is 0. The average Bonchev–Trinajstić information content (AvgIpc) is 3.16. The molecule has 22 heavy (non-hydrogen) atoms. The Morgan fingerprint density at radius 3 is 3.05 bits per heavy atom. The van der Waals surface area contributed by atoms with E-state index in [1.807, 2.05) is 13.0 Å². The average molecular weight is 315 g/mol. The highest BCUT2D eigenvalue weighted by atomic mass is 32.1. The molecule has 2 aromatic rings. The monoisotopic (exact) mass is 315 g/mol. The number of aryl methyl sites for hydroxylation is 1. The molecule has 0 saturated carbocycles. The van der Waals surface area contributed by atoms with Crippen LogP contribution >= 0.6 is 11.3 Å². The molecule has 114 valence electrons. The summed E-state index contributed by atoms with van der Waals surface area (Å²) in [6.07, 6.45) is 2.29. The minimum atomic E-state index is -0.269. The molecule has 1 aliphatic rings. The molecule has 2 atom stereocenters. The van der Waals surface area contributed by atoms with Crippen LogP contribution in [0.2, 0.25) is 0 Å². The van der Waals surface area contributed by atoms with E-state index in [2.05, 4.69) is 22.6 Å². The van der Waals surface area contributed by atoms with Gasteiger partial charge in [-0.3, -0.25) is 4.79 Å². The third kappa shape index (κ3) is 2.58. The zero-order valence-electron chi connectivity index (χ0n) is 12.8. The Morgan fingerprint density at radius 2 is 2.36 bits per heavy atom. The van der Waals surface area contributed by atoms with Gasteiger partial charge in [0.1, 0.15) is 17.7 Å². The van der Waals surface area contributed by atoms with Crippen LogP contribution in [-0.4, -0.2) is 16.3 Å². The first-order valence-corrected chi connectivity index (χ1v) is 8.36. The van der Waals surface area contributed by atoms with Gasteiger partial charge in [-0.1, -0.05) is 6.07 Å². The van der Waals surface area contributed by atoms with Gasteiger partial charge in [-0.05, 0) is 30.9 Å². The number of quaternary nitrogens is 1. The van der Waals surface area contributed by atoms with Gasteiger partial charge in [-0.2, -0.15) is 15.0 Å². The highest BCUT2D eigenvalue weighted by Crippen LogP contribution is 2.23. The first kappa shape index (κ1) is 14.9. The van der Waals surface area contributed by atoms with Crippen molar-refractivity contribution in [3.05, 3.63) is 49.6 Å². The zero-order chi connectivity index (χ0) is 15.7. The smallest absolute Gasteiger partial charge is 0.289 e. The summed E-state index contributed by atoms with van der Waals surface area (Å²) in [6, 6.07) is 6.70. The van der Waals surface area contributed by atoms with Crippen molar-refractivity contribution >= 4 is 11.3 Å². The zero-order valence-corrected chi connectivity index (χ0v) is 13.6. The van der Waals surface area contributed by atoms with Crippen molar-refractivity contribution in [1.29, 1.82) is 5.26 Å². The predicted octanol–water partition coefficient (Wildman–Crippen LogP) is 1.17. The van der Waals surface area contributed by atoms with Crippen molar-refractivity contribution in [1.82, 2.24) is 9.78 Å². The summed E-state index contributed by atoms with van der Waals surface area (Å²) in [5.41, 5.74) is 1.39. The molecular weight excluding hydrogens is 296 g/mol. The van der Waals surface area contributed by atoms with Crippen LogP contribution < -0.4 is 10.5 Å². The van der Waals surface area contributed by atoms with Gasteiger partial charge in [0.05, 0.1) is 17.1 Å². The van der Waals surface area contributed by atoms with E-state index in [1.165, 1.54) is 14.5 Å². The van der Waals surface area contributed by atoms with Crippen molar-refractivity contribution in [2.75, 3.05) is 6.54 Å². The maximum atomic E-state index is 12.4. The molecular formula is C16H19N4OS+. The van der Waals surface area contributed by atoms with Crippen molar-refractivity contribution < 1.29 is 4.90 Å². The van der Waals surface area contributed by atoms with E-state index >= 15 is 0 Å². The summed E-state index contributed by atoms with van der Waals surface area (Å²) in [6.45, 7) is 5.19. The SMILES string of the molecule is Cc1nn(C[NH+]2CCC[C@@H]2c2cccs2)c(=O)c(C#N)c1C. The van der Waals surface area contributed by atoms with E-state index in [0.717, 1.165) is 25.1 Å². The second-order valence-corrected chi connectivity index (χ2v) is 6.76. The van der Waals surface area contributed by atoms with Crippen LogP contribution in [0.5, 0.6) is 0 Å². The molecule has 0 spiro atoms. The van der Waals surface area contributed by atoms with E-state index in [1.54, 1.807) is 18.3 Å². The van der Waals surface area contributed by atoms with Gasteiger partial charge in [0.25, 0.3) is 5.56 Å². The molecule has 0 radical (unpaired) electrons. The van der Waals surface area contributed by atoms with Crippen LogP contribution in [0.15, 0.2) is 22.3 Å². The standard InChI is InChI=1S/C16H18N4OS/c1-11-12(2)18-20(16(21)13(11)9-17)10-19-7-3-5-14(19)15-6-4-8-22-15/h4,6,8,14H,3,5,7,10H2,1-2H3/p+1/t14-/m1/s1. The van der Waals surface area contributed by atoms with Crippen LogP contribution in [0.1, 0.15) is 40.6 Å². The number of hydrogen-bond donors (Lipinski definition) is 1. The fraction of sp³-hybridized carbons (Fsp3) is 0.438. The molecule has 1 aliphatic heterocycles. The van der Waals surface area contributed by atoms with Gasteiger partial charge in [0.2, 0.25) is 0 Å². The maximum Gasteiger partial charge on any atom is 0.289 e. The van der Waals surface area contributed by atoms with Gasteiger partial charge in [-0.25, -0.2) is 0 Å². The summed E-state index contributed by atoms with van der Waals surface area (Å²) in [4.78, 5) is 15.1.